The van der Waals surface area contributed by atoms with Gasteiger partial charge in [0.1, 0.15) is 24.1 Å². The van der Waals surface area contributed by atoms with Crippen molar-refractivity contribution in [1.82, 2.24) is 9.55 Å². The maximum atomic E-state index is 14.6. The number of nitrogens with one attached hydrogen (secondary N) is 1. The number of aliphatic hydroxyl groups is 1. The summed E-state index contributed by atoms with van der Waals surface area (Å²) in [7, 11) is 0. The average molecular weight is 477 g/mol. The first-order valence-corrected chi connectivity index (χ1v) is 9.88. The van der Waals surface area contributed by atoms with E-state index in [0.717, 1.165) is 12.3 Å². The zero-order chi connectivity index (χ0) is 25.0. The van der Waals surface area contributed by atoms with Crippen molar-refractivity contribution in [3.63, 3.8) is 0 Å². The molecule has 0 spiro atoms. The number of aromatic nitrogens is 2. The Hall–Kier alpha value is -3.13. The summed E-state index contributed by atoms with van der Waals surface area (Å²) in [6.07, 6.45) is -6.86. The number of hydrogen-bond donors (Lipinski definition) is 3. The predicted octanol–water partition coefficient (Wildman–Crippen LogP) is 1.28. The number of carboxylic acid groups (broad SMARTS) is 1. The number of carbonyl (C=O) groups is 3. The molecule has 3 N–H and O–H groups in total. The Morgan fingerprint density at radius 1 is 1.30 bits per heavy atom. The molecule has 1 fully saturated rings. The van der Waals surface area contributed by atoms with Crippen LogP contribution >= 0.6 is 0 Å². The standard InChI is InChI=1S/C19H25F2N3O9/c1-18(2,3)33-17(30)23-11-7-8-24(16(29)22-11)15-19(20,21)14(28)10(32-15)9-31-13(27)6-4-5-12(25)26/h7-8,10,14-15,28H,4-6,9H2,1-3H3,(H,25,26)(H,22,23,29,30)/t10-,14+,15-/m1/s1. The lowest BCUT2D eigenvalue weighted by atomic mass is 10.1. The summed E-state index contributed by atoms with van der Waals surface area (Å²) in [6, 6.07) is 1.06. The smallest absolute Gasteiger partial charge is 0.413 e. The highest BCUT2D eigenvalue weighted by Crippen LogP contribution is 2.42. The number of anilines is 1. The number of carbonyl (C=O) groups excluding carboxylic acids is 2. The number of amides is 1. The molecule has 3 atom stereocenters. The van der Waals surface area contributed by atoms with E-state index < -0.39 is 60.3 Å². The minimum atomic E-state index is -3.94. The van der Waals surface area contributed by atoms with Gasteiger partial charge in [-0.05, 0) is 33.3 Å². The van der Waals surface area contributed by atoms with Crippen molar-refractivity contribution < 1.29 is 47.6 Å². The van der Waals surface area contributed by atoms with Crippen LogP contribution in [-0.2, 0) is 23.8 Å². The van der Waals surface area contributed by atoms with Crippen molar-refractivity contribution in [3.8, 4) is 0 Å². The molecule has 33 heavy (non-hydrogen) atoms. The largest absolute Gasteiger partial charge is 0.481 e. The van der Waals surface area contributed by atoms with Gasteiger partial charge in [-0.2, -0.15) is 13.8 Å². The van der Waals surface area contributed by atoms with E-state index in [2.05, 4.69) is 10.3 Å². The zero-order valence-electron chi connectivity index (χ0n) is 18.1. The van der Waals surface area contributed by atoms with Crippen LogP contribution in [0, 0.1) is 0 Å². The number of esters is 1. The van der Waals surface area contributed by atoms with Crippen molar-refractivity contribution in [1.29, 1.82) is 0 Å². The third-order valence-corrected chi connectivity index (χ3v) is 4.27. The number of halogens is 2. The van der Waals surface area contributed by atoms with Crippen molar-refractivity contribution in [2.45, 2.75) is 70.0 Å². The van der Waals surface area contributed by atoms with Crippen LogP contribution in [0.4, 0.5) is 19.4 Å². The molecule has 2 heterocycles. The molecule has 0 aliphatic carbocycles. The number of alkyl halides is 2. The van der Waals surface area contributed by atoms with E-state index >= 15 is 0 Å². The van der Waals surface area contributed by atoms with E-state index in [-0.39, 0.29) is 25.1 Å². The van der Waals surface area contributed by atoms with Crippen LogP contribution in [0.5, 0.6) is 0 Å². The Balaban J connectivity index is 2.04. The van der Waals surface area contributed by atoms with Gasteiger partial charge in [0.15, 0.2) is 6.10 Å². The second kappa shape index (κ2) is 10.2. The van der Waals surface area contributed by atoms with Gasteiger partial charge in [0.2, 0.25) is 6.23 Å². The molecule has 0 unspecified atom stereocenters. The first-order valence-electron chi connectivity index (χ1n) is 9.88. The van der Waals surface area contributed by atoms with Crippen LogP contribution in [0.2, 0.25) is 0 Å². The molecule has 1 aliphatic rings. The number of aliphatic carboxylic acids is 1. The lowest BCUT2D eigenvalue weighted by molar-refractivity contribution is -0.150. The molecule has 14 heteroatoms. The summed E-state index contributed by atoms with van der Waals surface area (Å²) in [4.78, 5) is 49.6. The molecule has 1 aromatic rings. The molecule has 0 bridgehead atoms. The summed E-state index contributed by atoms with van der Waals surface area (Å²) in [6.45, 7) is 4.12. The van der Waals surface area contributed by atoms with Gasteiger partial charge in [0.05, 0.1) is 0 Å². The fourth-order valence-electron chi connectivity index (χ4n) is 2.81. The van der Waals surface area contributed by atoms with Gasteiger partial charge in [-0.25, -0.2) is 9.59 Å². The number of ether oxygens (including phenoxy) is 3. The highest BCUT2D eigenvalue weighted by molar-refractivity contribution is 5.83. The second-order valence-corrected chi connectivity index (χ2v) is 8.21. The molecule has 12 nitrogen and oxygen atoms in total. The topological polar surface area (TPSA) is 166 Å². The summed E-state index contributed by atoms with van der Waals surface area (Å²) in [5, 5.41) is 20.7. The average Bonchev–Trinajstić information content (AvgIpc) is 2.88. The SMILES string of the molecule is CC(C)(C)OC(=O)Nc1ccn([C@@H]2O[C@H](COC(=O)CCCC(=O)O)[C@H](O)C2(F)F)c(=O)n1. The number of carboxylic acids is 1. The van der Waals surface area contributed by atoms with Crippen LogP contribution < -0.4 is 11.0 Å². The summed E-state index contributed by atoms with van der Waals surface area (Å²) >= 11 is 0. The predicted molar refractivity (Wildman–Crippen MR) is 106 cm³/mol. The highest BCUT2D eigenvalue weighted by Gasteiger charge is 2.60. The van der Waals surface area contributed by atoms with Crippen molar-refractivity contribution >= 4 is 23.8 Å². The number of aliphatic hydroxyl groups excluding tert-OH is 1. The van der Waals surface area contributed by atoms with Crippen molar-refractivity contribution in [2.24, 2.45) is 0 Å². The van der Waals surface area contributed by atoms with E-state index in [0.29, 0.717) is 4.57 Å². The zero-order valence-corrected chi connectivity index (χ0v) is 18.1. The van der Waals surface area contributed by atoms with Crippen LogP contribution in [0.25, 0.3) is 0 Å². The van der Waals surface area contributed by atoms with Crippen LogP contribution in [0.1, 0.15) is 46.3 Å². The molecule has 184 valence electrons. The Morgan fingerprint density at radius 2 is 1.97 bits per heavy atom. The quantitative estimate of drug-likeness (QED) is 0.464. The fourth-order valence-corrected chi connectivity index (χ4v) is 2.81. The molecule has 1 saturated heterocycles. The van der Waals surface area contributed by atoms with Gasteiger partial charge in [0.25, 0.3) is 0 Å². The van der Waals surface area contributed by atoms with Crippen molar-refractivity contribution in [3.05, 3.63) is 22.7 Å². The number of rotatable bonds is 8. The minimum absolute atomic E-state index is 0.00816. The number of hydrogen-bond acceptors (Lipinski definition) is 9. The maximum Gasteiger partial charge on any atom is 0.413 e. The monoisotopic (exact) mass is 477 g/mol. The molecule has 1 aliphatic heterocycles. The van der Waals surface area contributed by atoms with Gasteiger partial charge >= 0.3 is 29.6 Å². The normalized spacial score (nSPS) is 21.9. The van der Waals surface area contributed by atoms with Gasteiger partial charge < -0.3 is 24.4 Å². The van der Waals surface area contributed by atoms with E-state index in [1.807, 2.05) is 0 Å². The maximum absolute atomic E-state index is 14.6. The van der Waals surface area contributed by atoms with E-state index in [1.165, 1.54) is 0 Å². The Labute approximate surface area is 186 Å². The Kier molecular flexibility index (Phi) is 8.08. The van der Waals surface area contributed by atoms with Gasteiger partial charge in [-0.3, -0.25) is 19.5 Å². The molecule has 1 amide bonds. The van der Waals surface area contributed by atoms with Crippen LogP contribution in [0.15, 0.2) is 17.1 Å². The molecule has 0 radical (unpaired) electrons. The summed E-state index contributed by atoms with van der Waals surface area (Å²) < 4.78 is 44.4. The second-order valence-electron chi connectivity index (χ2n) is 8.21. The highest BCUT2D eigenvalue weighted by atomic mass is 19.3. The lowest BCUT2D eigenvalue weighted by Crippen LogP contribution is -2.42. The third kappa shape index (κ3) is 7.18. The fraction of sp³-hybridized carbons (Fsp3) is 0.632. The first kappa shape index (κ1) is 26.1. The molecule has 0 aromatic carbocycles. The van der Waals surface area contributed by atoms with Crippen LogP contribution in [-0.4, -0.2) is 68.1 Å². The first-order chi connectivity index (χ1) is 15.2. The van der Waals surface area contributed by atoms with E-state index in [9.17, 15) is 33.1 Å². The molecular weight excluding hydrogens is 452 g/mol. The molecule has 1 aromatic heterocycles. The molecule has 2 rings (SSSR count). The third-order valence-electron chi connectivity index (χ3n) is 4.27. The van der Waals surface area contributed by atoms with E-state index in [1.54, 1.807) is 20.8 Å². The van der Waals surface area contributed by atoms with Gasteiger partial charge in [-0.1, -0.05) is 0 Å². The van der Waals surface area contributed by atoms with E-state index in [4.69, 9.17) is 19.3 Å². The van der Waals surface area contributed by atoms with Crippen LogP contribution in [0.3, 0.4) is 0 Å². The van der Waals surface area contributed by atoms with Gasteiger partial charge in [0, 0.05) is 19.0 Å². The summed E-state index contributed by atoms with van der Waals surface area (Å²) in [5.74, 6) is -6.15. The van der Waals surface area contributed by atoms with Gasteiger partial charge in [-0.15, -0.1) is 0 Å². The van der Waals surface area contributed by atoms with Crippen molar-refractivity contribution in [2.75, 3.05) is 11.9 Å². The molecule has 0 saturated carbocycles. The minimum Gasteiger partial charge on any atom is -0.481 e. The molecular formula is C19H25F2N3O9. The summed E-state index contributed by atoms with van der Waals surface area (Å²) in [5.41, 5.74) is -2.02. The Bertz CT molecular complexity index is 945. The Morgan fingerprint density at radius 3 is 2.55 bits per heavy atom. The number of nitrogens with zero attached hydrogens (tertiary/aromatic N) is 2. The lowest BCUT2D eigenvalue weighted by Gasteiger charge is -2.21.